The number of unbranched alkanes of at least 4 members (excludes halogenated alkanes) is 2. The van der Waals surface area contributed by atoms with E-state index in [-0.39, 0.29) is 25.5 Å². The van der Waals surface area contributed by atoms with Crippen molar-refractivity contribution >= 4 is 24.5 Å². The number of hydroxylamine groups is 2. The van der Waals surface area contributed by atoms with Crippen molar-refractivity contribution in [2.24, 2.45) is 11.7 Å². The Morgan fingerprint density at radius 1 is 1.25 bits per heavy atom. The molecule has 8 nitrogen and oxygen atoms in total. The number of rotatable bonds is 16. The highest BCUT2D eigenvalue weighted by atomic mass is 32.1. The Hall–Kier alpha value is -1.65. The highest BCUT2D eigenvalue weighted by molar-refractivity contribution is 7.80. The minimum Gasteiger partial charge on any atom is -0.478 e. The number of hydrogen-bond acceptors (Lipinski definition) is 7. The molecule has 4 atom stereocenters. The van der Waals surface area contributed by atoms with Crippen molar-refractivity contribution in [3.8, 4) is 0 Å². The minimum absolute atomic E-state index is 0.0469. The van der Waals surface area contributed by atoms with Crippen molar-refractivity contribution in [2.75, 3.05) is 25.5 Å². The molecule has 1 aromatic rings. The Balaban J connectivity index is 3.29. The highest BCUT2D eigenvalue weighted by Gasteiger charge is 2.52. The first kappa shape index (κ1) is 28.4. The molecule has 0 heterocycles. The van der Waals surface area contributed by atoms with Crippen molar-refractivity contribution in [2.45, 2.75) is 64.1 Å². The topological polar surface area (TPSA) is 125 Å². The van der Waals surface area contributed by atoms with Gasteiger partial charge in [0.1, 0.15) is 0 Å². The summed E-state index contributed by atoms with van der Waals surface area (Å²) >= 11 is 4.16. The summed E-state index contributed by atoms with van der Waals surface area (Å²) in [4.78, 5) is 31.9. The molecule has 0 saturated carbocycles. The van der Waals surface area contributed by atoms with Gasteiger partial charge in [0.2, 0.25) is 11.6 Å². The zero-order chi connectivity index (χ0) is 24.1. The predicted octanol–water partition coefficient (Wildman–Crippen LogP) is 2.39. The predicted molar refractivity (Wildman–Crippen MR) is 128 cm³/mol. The van der Waals surface area contributed by atoms with Gasteiger partial charge in [0.25, 0.3) is 0 Å². The molecule has 5 N–H and O–H groups in total. The Morgan fingerprint density at radius 2 is 1.91 bits per heavy atom. The van der Waals surface area contributed by atoms with Crippen LogP contribution in [0, 0.1) is 5.92 Å². The number of amides is 1. The molecule has 1 aromatic carbocycles. The first-order valence-corrected chi connectivity index (χ1v) is 11.8. The van der Waals surface area contributed by atoms with Crippen LogP contribution in [-0.4, -0.2) is 64.4 Å². The maximum absolute atomic E-state index is 13.4. The number of carboxylic acids is 1. The Bertz CT molecular complexity index is 693. The molecule has 1 rings (SSSR count). The van der Waals surface area contributed by atoms with Crippen LogP contribution in [0.1, 0.15) is 57.9 Å². The average Bonchev–Trinajstić information content (AvgIpc) is 2.80. The van der Waals surface area contributed by atoms with Gasteiger partial charge in [-0.3, -0.25) is 14.9 Å². The third-order valence-electron chi connectivity index (χ3n) is 5.55. The number of nitrogens with two attached hydrogens (primary N) is 1. The van der Waals surface area contributed by atoms with Gasteiger partial charge < -0.3 is 15.9 Å². The minimum atomic E-state index is -1.98. The molecule has 9 heteroatoms. The van der Waals surface area contributed by atoms with Crippen LogP contribution >= 0.6 is 12.6 Å². The van der Waals surface area contributed by atoms with Gasteiger partial charge in [0, 0.05) is 37.3 Å². The molecular weight excluding hydrogens is 430 g/mol. The fourth-order valence-corrected chi connectivity index (χ4v) is 3.55. The number of thiol groups is 1. The fraction of sp³-hybridized carbons (Fsp3) is 0.652. The quantitative estimate of drug-likeness (QED) is 0.109. The summed E-state index contributed by atoms with van der Waals surface area (Å²) in [7, 11) is 0. The molecule has 0 aromatic heterocycles. The van der Waals surface area contributed by atoms with Crippen molar-refractivity contribution < 1.29 is 24.6 Å². The van der Waals surface area contributed by atoms with Crippen LogP contribution in [0.3, 0.4) is 0 Å². The van der Waals surface area contributed by atoms with Crippen molar-refractivity contribution in [1.29, 1.82) is 0 Å². The number of aliphatic carboxylic acids is 1. The fourth-order valence-electron chi connectivity index (χ4n) is 3.43. The molecule has 0 spiro atoms. The molecule has 0 aliphatic rings. The summed E-state index contributed by atoms with van der Waals surface area (Å²) < 4.78 is 0. The third-order valence-corrected chi connectivity index (χ3v) is 6.01. The number of hydrogen-bond donors (Lipinski definition) is 5. The van der Waals surface area contributed by atoms with Gasteiger partial charge in [-0.25, -0.2) is 4.79 Å². The van der Waals surface area contributed by atoms with Crippen molar-refractivity contribution in [3.63, 3.8) is 0 Å². The van der Waals surface area contributed by atoms with Crippen LogP contribution in [0.4, 0.5) is 0 Å². The summed E-state index contributed by atoms with van der Waals surface area (Å²) in [6.07, 6.45) is 2.56. The molecule has 1 amide bonds. The van der Waals surface area contributed by atoms with Gasteiger partial charge in [-0.2, -0.15) is 17.7 Å². The van der Waals surface area contributed by atoms with Gasteiger partial charge >= 0.3 is 5.97 Å². The summed E-state index contributed by atoms with van der Waals surface area (Å²) in [5, 5.41) is 24.0. The normalized spacial score (nSPS) is 16.1. The van der Waals surface area contributed by atoms with E-state index in [0.717, 1.165) is 23.5 Å². The standard InChI is InChI=1S/C23H39N3O5S/c1-4-5-9-12-31-26(21(28)13-17(2)19-10-7-6-8-11-19)23(22(29)30,18(3)15-27)25-14-20(24)16-32/h6-8,10-11,17-18,20,25,27,32H,4-5,9,12-16,24H2,1-3H3,(H,29,30)/t17-,18?,20?,23+/m0/s1. The number of aliphatic hydroxyl groups is 1. The van der Waals surface area contributed by atoms with E-state index in [1.54, 1.807) is 6.92 Å². The van der Waals surface area contributed by atoms with Crippen LogP contribution < -0.4 is 11.1 Å². The third kappa shape index (κ3) is 7.74. The van der Waals surface area contributed by atoms with Crippen LogP contribution in [0.15, 0.2) is 30.3 Å². The number of carboxylic acid groups (broad SMARTS) is 1. The van der Waals surface area contributed by atoms with Crippen LogP contribution in [0.2, 0.25) is 0 Å². The maximum Gasteiger partial charge on any atom is 0.347 e. The first-order chi connectivity index (χ1) is 15.2. The van der Waals surface area contributed by atoms with Crippen LogP contribution in [0.25, 0.3) is 0 Å². The van der Waals surface area contributed by atoms with Gasteiger partial charge in [0.15, 0.2) is 0 Å². The van der Waals surface area contributed by atoms with Crippen LogP contribution in [0.5, 0.6) is 0 Å². The molecule has 0 radical (unpaired) electrons. The van der Waals surface area contributed by atoms with E-state index in [2.05, 4.69) is 17.9 Å². The Kier molecular flexibility index (Phi) is 12.9. The lowest BCUT2D eigenvalue weighted by Gasteiger charge is -2.44. The van der Waals surface area contributed by atoms with E-state index in [1.165, 1.54) is 0 Å². The van der Waals surface area contributed by atoms with E-state index >= 15 is 0 Å². The molecule has 2 unspecified atom stereocenters. The lowest BCUT2D eigenvalue weighted by molar-refractivity contribution is -0.246. The summed E-state index contributed by atoms with van der Waals surface area (Å²) in [5.41, 5.74) is 4.94. The van der Waals surface area contributed by atoms with E-state index < -0.39 is 36.1 Å². The van der Waals surface area contributed by atoms with Crippen molar-refractivity contribution in [1.82, 2.24) is 10.4 Å². The van der Waals surface area contributed by atoms with E-state index in [0.29, 0.717) is 12.2 Å². The van der Waals surface area contributed by atoms with Gasteiger partial charge in [0.05, 0.1) is 6.61 Å². The second-order valence-corrected chi connectivity index (χ2v) is 8.59. The summed E-state index contributed by atoms with van der Waals surface area (Å²) in [6.45, 7) is 5.31. The number of carbonyl (C=O) groups excluding carboxylic acids is 1. The number of nitrogens with one attached hydrogen (secondary N) is 1. The smallest absolute Gasteiger partial charge is 0.347 e. The maximum atomic E-state index is 13.4. The van der Waals surface area contributed by atoms with Crippen molar-refractivity contribution in [3.05, 3.63) is 35.9 Å². The highest BCUT2D eigenvalue weighted by Crippen LogP contribution is 2.28. The molecule has 32 heavy (non-hydrogen) atoms. The lowest BCUT2D eigenvalue weighted by Crippen LogP contribution is -2.71. The second kappa shape index (κ2) is 14.5. The molecule has 0 fully saturated rings. The van der Waals surface area contributed by atoms with Gasteiger partial charge in [-0.1, -0.05) is 63.9 Å². The van der Waals surface area contributed by atoms with E-state index in [4.69, 9.17) is 10.6 Å². The second-order valence-electron chi connectivity index (χ2n) is 8.22. The van der Waals surface area contributed by atoms with E-state index in [1.807, 2.05) is 44.2 Å². The lowest BCUT2D eigenvalue weighted by atomic mass is 9.91. The summed E-state index contributed by atoms with van der Waals surface area (Å²) in [5.74, 6) is -2.49. The Labute approximate surface area is 196 Å². The zero-order valence-corrected chi connectivity index (χ0v) is 20.3. The zero-order valence-electron chi connectivity index (χ0n) is 19.4. The molecule has 0 aliphatic heterocycles. The monoisotopic (exact) mass is 469 g/mol. The van der Waals surface area contributed by atoms with Gasteiger partial charge in [-0.15, -0.1) is 0 Å². The molecule has 0 bridgehead atoms. The van der Waals surface area contributed by atoms with Crippen LogP contribution in [-0.2, 0) is 14.4 Å². The number of nitrogens with zero attached hydrogens (tertiary/aromatic N) is 1. The SMILES string of the molecule is CCCCCON(C(=O)C[C@H](C)c1ccccc1)[C@@](NCC(N)CS)(C(=O)O)C(C)CO. The molecule has 182 valence electrons. The molecule has 0 saturated heterocycles. The number of carbonyl (C=O) groups is 2. The number of aliphatic hydroxyl groups excluding tert-OH is 1. The van der Waals surface area contributed by atoms with E-state index in [9.17, 15) is 19.8 Å². The first-order valence-electron chi connectivity index (χ1n) is 11.2. The average molecular weight is 470 g/mol. The molecular formula is C23H39N3O5S. The largest absolute Gasteiger partial charge is 0.478 e. The number of benzene rings is 1. The Morgan fingerprint density at radius 3 is 2.44 bits per heavy atom. The summed E-state index contributed by atoms with van der Waals surface area (Å²) in [6, 6.07) is 9.09. The molecule has 0 aliphatic carbocycles. The van der Waals surface area contributed by atoms with Gasteiger partial charge in [-0.05, 0) is 17.9 Å².